The van der Waals surface area contributed by atoms with Gasteiger partial charge in [0.1, 0.15) is 12.4 Å². The summed E-state index contributed by atoms with van der Waals surface area (Å²) >= 11 is 0. The topological polar surface area (TPSA) is 18.5 Å². The van der Waals surface area contributed by atoms with E-state index in [-0.39, 0.29) is 68.8 Å². The molecule has 116 valence electrons. The predicted molar refractivity (Wildman–Crippen MR) is 76.0 cm³/mol. The van der Waals surface area contributed by atoms with Gasteiger partial charge in [0.15, 0.2) is 0 Å². The molecule has 1 spiro atoms. The molecule has 1 heterocycles. The molecule has 1 aromatic rings. The van der Waals surface area contributed by atoms with Gasteiger partial charge in [-0.2, -0.15) is 0 Å². The van der Waals surface area contributed by atoms with Crippen molar-refractivity contribution < 1.29 is 73.8 Å². The number of benzene rings is 1. The molecule has 1 aromatic carbocycles. The van der Waals surface area contributed by atoms with Gasteiger partial charge < -0.3 is 22.4 Å². The van der Waals surface area contributed by atoms with E-state index in [1.165, 1.54) is 18.9 Å². The third-order valence-electron chi connectivity index (χ3n) is 4.53. The minimum atomic E-state index is -4.98. The SMILES string of the molecule is F[B-](F)(F)c1cccc(OCC2CCC3(CCCC3)O2)c1.[K+]. The van der Waals surface area contributed by atoms with Crippen LogP contribution in [-0.2, 0) is 4.74 Å². The van der Waals surface area contributed by atoms with Gasteiger partial charge in [-0.3, -0.25) is 0 Å². The van der Waals surface area contributed by atoms with Crippen LogP contribution in [0.2, 0.25) is 0 Å². The van der Waals surface area contributed by atoms with Crippen molar-refractivity contribution in [2.75, 3.05) is 6.61 Å². The van der Waals surface area contributed by atoms with Gasteiger partial charge in [0.25, 0.3) is 0 Å². The standard InChI is InChI=1S/C15H19BF3O2.K/c17-16(18,19)12-4-3-5-13(10-12)20-11-14-6-9-15(21-14)7-1-2-8-15;/h3-5,10,14H,1-2,6-9,11H2;/q-1;+1. The molecular formula is C15H19BF3KO2. The quantitative estimate of drug-likeness (QED) is 0.750. The van der Waals surface area contributed by atoms with E-state index in [0.29, 0.717) is 6.61 Å². The Morgan fingerprint density at radius 3 is 2.59 bits per heavy atom. The van der Waals surface area contributed by atoms with Gasteiger partial charge in [-0.1, -0.05) is 25.0 Å². The molecule has 22 heavy (non-hydrogen) atoms. The number of hydrogen-bond donors (Lipinski definition) is 0. The second kappa shape index (κ2) is 7.57. The maximum atomic E-state index is 12.7. The molecule has 0 aromatic heterocycles. The molecule has 1 unspecified atom stereocenters. The minimum Gasteiger partial charge on any atom is -0.491 e. The Bertz CT molecular complexity index is 504. The summed E-state index contributed by atoms with van der Waals surface area (Å²) in [5.74, 6) is 0.266. The van der Waals surface area contributed by atoms with E-state index >= 15 is 0 Å². The molecule has 7 heteroatoms. The largest absolute Gasteiger partial charge is 1.00 e. The molecule has 1 aliphatic carbocycles. The van der Waals surface area contributed by atoms with Crippen molar-refractivity contribution >= 4 is 12.4 Å². The fourth-order valence-electron chi connectivity index (χ4n) is 3.40. The van der Waals surface area contributed by atoms with E-state index < -0.39 is 12.4 Å². The summed E-state index contributed by atoms with van der Waals surface area (Å²) in [7, 11) is 0. The third-order valence-corrected chi connectivity index (χ3v) is 4.53. The van der Waals surface area contributed by atoms with Gasteiger partial charge >= 0.3 is 58.4 Å². The van der Waals surface area contributed by atoms with Crippen molar-refractivity contribution in [3.05, 3.63) is 24.3 Å². The van der Waals surface area contributed by atoms with Crippen molar-refractivity contribution in [1.29, 1.82) is 0 Å². The molecule has 2 aliphatic rings. The Morgan fingerprint density at radius 2 is 1.91 bits per heavy atom. The van der Waals surface area contributed by atoms with Crippen LogP contribution >= 0.6 is 0 Å². The molecule has 1 saturated heterocycles. The fraction of sp³-hybridized carbons (Fsp3) is 0.600. The summed E-state index contributed by atoms with van der Waals surface area (Å²) in [6.07, 6.45) is 6.62. The summed E-state index contributed by atoms with van der Waals surface area (Å²) in [5.41, 5.74) is -0.586. The molecule has 0 amide bonds. The van der Waals surface area contributed by atoms with Crippen LogP contribution in [0.25, 0.3) is 0 Å². The number of ether oxygens (including phenoxy) is 2. The average Bonchev–Trinajstić information content (AvgIpc) is 3.07. The smallest absolute Gasteiger partial charge is 0.491 e. The molecule has 3 rings (SSSR count). The Kier molecular flexibility index (Phi) is 6.47. The maximum Gasteiger partial charge on any atom is 1.00 e. The van der Waals surface area contributed by atoms with Gasteiger partial charge in [-0.15, -0.1) is 5.46 Å². The summed E-state index contributed by atoms with van der Waals surface area (Å²) in [6, 6.07) is 5.09. The Labute approximate surface area is 171 Å². The third kappa shape index (κ3) is 4.51. The van der Waals surface area contributed by atoms with Gasteiger partial charge in [0, 0.05) is 0 Å². The summed E-state index contributed by atoms with van der Waals surface area (Å²) in [5, 5.41) is 0. The normalized spacial score (nSPS) is 23.5. The van der Waals surface area contributed by atoms with E-state index in [4.69, 9.17) is 9.47 Å². The number of hydrogen-bond acceptors (Lipinski definition) is 2. The Hall–Kier alpha value is 0.471. The van der Waals surface area contributed by atoms with Crippen molar-refractivity contribution in [2.45, 2.75) is 50.2 Å². The molecule has 0 N–H and O–H groups in total. The Balaban J connectivity index is 0.00000176. The zero-order valence-electron chi connectivity index (χ0n) is 12.9. The molecular weight excluding hydrogens is 319 g/mol. The first-order valence-electron chi connectivity index (χ1n) is 7.57. The van der Waals surface area contributed by atoms with Crippen LogP contribution in [0.4, 0.5) is 12.9 Å². The van der Waals surface area contributed by atoms with Gasteiger partial charge in [-0.25, -0.2) is 0 Å². The van der Waals surface area contributed by atoms with Gasteiger partial charge in [0.2, 0.25) is 0 Å². The van der Waals surface area contributed by atoms with Crippen LogP contribution in [0.5, 0.6) is 5.75 Å². The van der Waals surface area contributed by atoms with Gasteiger partial charge in [-0.05, 0) is 37.8 Å². The van der Waals surface area contributed by atoms with E-state index in [2.05, 4.69) is 0 Å². The van der Waals surface area contributed by atoms with Crippen molar-refractivity contribution in [2.24, 2.45) is 0 Å². The van der Waals surface area contributed by atoms with E-state index in [1.807, 2.05) is 0 Å². The summed E-state index contributed by atoms with van der Waals surface area (Å²) in [6.45, 7) is -4.65. The van der Waals surface area contributed by atoms with E-state index in [1.54, 1.807) is 6.07 Å². The van der Waals surface area contributed by atoms with E-state index in [0.717, 1.165) is 37.8 Å². The Morgan fingerprint density at radius 1 is 1.18 bits per heavy atom. The monoisotopic (exact) mass is 338 g/mol. The van der Waals surface area contributed by atoms with E-state index in [9.17, 15) is 12.9 Å². The number of rotatable bonds is 4. The summed E-state index contributed by atoms with van der Waals surface area (Å²) < 4.78 is 49.7. The first-order valence-corrected chi connectivity index (χ1v) is 7.57. The summed E-state index contributed by atoms with van der Waals surface area (Å²) in [4.78, 5) is 0. The molecule has 2 nitrogen and oxygen atoms in total. The second-order valence-corrected chi connectivity index (χ2v) is 6.13. The van der Waals surface area contributed by atoms with Crippen LogP contribution in [0.1, 0.15) is 38.5 Å². The first kappa shape index (κ1) is 18.8. The fourth-order valence-corrected chi connectivity index (χ4v) is 3.40. The first-order chi connectivity index (χ1) is 9.97. The molecule has 1 aliphatic heterocycles. The van der Waals surface area contributed by atoms with Gasteiger partial charge in [0.05, 0.1) is 11.7 Å². The van der Waals surface area contributed by atoms with Crippen LogP contribution < -0.4 is 61.6 Å². The van der Waals surface area contributed by atoms with Crippen molar-refractivity contribution in [3.8, 4) is 5.75 Å². The van der Waals surface area contributed by atoms with Crippen LogP contribution in [0, 0.1) is 0 Å². The van der Waals surface area contributed by atoms with Crippen molar-refractivity contribution in [3.63, 3.8) is 0 Å². The van der Waals surface area contributed by atoms with Crippen LogP contribution in [0.3, 0.4) is 0 Å². The molecule has 0 bridgehead atoms. The molecule has 0 radical (unpaired) electrons. The molecule has 1 saturated carbocycles. The molecule has 2 fully saturated rings. The van der Waals surface area contributed by atoms with Crippen LogP contribution in [0.15, 0.2) is 24.3 Å². The van der Waals surface area contributed by atoms with Crippen LogP contribution in [-0.4, -0.2) is 25.3 Å². The second-order valence-electron chi connectivity index (χ2n) is 6.13. The minimum absolute atomic E-state index is 0. The predicted octanol–water partition coefficient (Wildman–Crippen LogP) is 0.616. The zero-order valence-corrected chi connectivity index (χ0v) is 16.0. The zero-order chi connectivity index (χ0) is 14.9. The van der Waals surface area contributed by atoms with Crippen molar-refractivity contribution in [1.82, 2.24) is 0 Å². The average molecular weight is 338 g/mol. The molecule has 1 atom stereocenters. The number of halogens is 3. The maximum absolute atomic E-state index is 12.7.